The van der Waals surface area contributed by atoms with Crippen LogP contribution in [-0.2, 0) is 25.5 Å². The summed E-state index contributed by atoms with van der Waals surface area (Å²) in [5, 5.41) is -1.19. The van der Waals surface area contributed by atoms with E-state index in [4.69, 9.17) is 10.5 Å². The van der Waals surface area contributed by atoms with Crippen molar-refractivity contribution in [2.75, 3.05) is 6.54 Å². The van der Waals surface area contributed by atoms with Crippen molar-refractivity contribution in [3.05, 3.63) is 136 Å². The zero-order chi connectivity index (χ0) is 30.0. The lowest BCUT2D eigenvalue weighted by atomic mass is 9.88. The lowest BCUT2D eigenvalue weighted by molar-refractivity contribution is -0.160. The summed E-state index contributed by atoms with van der Waals surface area (Å²) < 4.78 is 5.84. The van der Waals surface area contributed by atoms with E-state index in [1.165, 1.54) is 23.5 Å². The second kappa shape index (κ2) is 12.7. The van der Waals surface area contributed by atoms with Crippen molar-refractivity contribution >= 4 is 57.1 Å². The summed E-state index contributed by atoms with van der Waals surface area (Å²) >= 11 is 6.19. The van der Waals surface area contributed by atoms with Crippen LogP contribution in [0.2, 0.25) is 0 Å². The highest BCUT2D eigenvalue weighted by molar-refractivity contribution is 9.10. The molecule has 43 heavy (non-hydrogen) atoms. The molecule has 6 nitrogen and oxygen atoms in total. The molecule has 4 atom stereocenters. The van der Waals surface area contributed by atoms with Gasteiger partial charge in [0.1, 0.15) is 5.92 Å². The minimum absolute atomic E-state index is 0.0287. The van der Waals surface area contributed by atoms with Gasteiger partial charge in [0, 0.05) is 22.3 Å². The molecular weight excluding hydrogens is 644 g/mol. The minimum atomic E-state index is -1.34. The number of ether oxygens (including phenoxy) is 1. The van der Waals surface area contributed by atoms with E-state index in [-0.39, 0.29) is 24.7 Å². The summed E-state index contributed by atoms with van der Waals surface area (Å²) in [6.07, 6.45) is -0.500. The van der Waals surface area contributed by atoms with Gasteiger partial charge in [0.05, 0.1) is 10.7 Å². The Hall–Kier alpha value is -3.37. The first-order valence-corrected chi connectivity index (χ1v) is 16.5. The Morgan fingerprint density at radius 3 is 2.07 bits per heavy atom. The van der Waals surface area contributed by atoms with Crippen molar-refractivity contribution in [2.45, 2.75) is 32.9 Å². The van der Waals surface area contributed by atoms with Crippen LogP contribution in [0.3, 0.4) is 0 Å². The molecule has 2 fully saturated rings. The number of hydrogen-bond donors (Lipinski definition) is 1. The number of halogens is 1. The molecule has 2 heterocycles. The first-order chi connectivity index (χ1) is 20.9. The van der Waals surface area contributed by atoms with Gasteiger partial charge in [-0.05, 0) is 44.8 Å². The lowest BCUT2D eigenvalue weighted by Crippen LogP contribution is -2.73. The van der Waals surface area contributed by atoms with Crippen LogP contribution < -0.4 is 5.73 Å². The second-order valence-corrected chi connectivity index (χ2v) is 14.0. The van der Waals surface area contributed by atoms with Crippen LogP contribution in [0, 0.1) is 5.92 Å². The number of nitrogens with zero attached hydrogens (tertiary/aromatic N) is 1. The Labute approximate surface area is 267 Å². The number of ketones is 1. The third-order valence-corrected chi connectivity index (χ3v) is 11.9. The fraction of sp³-hybridized carbons (Fsp3) is 0.206. The number of carbonyl (C=O) groups is 3. The van der Waals surface area contributed by atoms with Crippen molar-refractivity contribution < 1.29 is 19.1 Å². The number of Topliss-reactive ketones (excluding diaryl/α,β-unsaturated/α-hetero) is 1. The molecule has 1 amide bonds. The molecule has 6 rings (SSSR count). The molecule has 0 radical (unpaired) electrons. The molecule has 9 heteroatoms. The van der Waals surface area contributed by atoms with Crippen molar-refractivity contribution in [1.82, 2.24) is 4.90 Å². The van der Waals surface area contributed by atoms with E-state index in [0.717, 1.165) is 26.1 Å². The number of benzene rings is 4. The number of nitrogens with two attached hydrogens (primary N) is 1. The van der Waals surface area contributed by atoms with E-state index >= 15 is 0 Å². The largest absolute Gasteiger partial charge is 0.451 e. The van der Waals surface area contributed by atoms with Crippen LogP contribution in [0.25, 0.3) is 0 Å². The topological polar surface area (TPSA) is 89.7 Å². The smallest absolute Gasteiger partial charge is 0.327 e. The van der Waals surface area contributed by atoms with Crippen molar-refractivity contribution in [2.24, 2.45) is 11.7 Å². The molecule has 0 bridgehead atoms. The Kier molecular flexibility index (Phi) is 8.77. The van der Waals surface area contributed by atoms with Gasteiger partial charge in [-0.25, -0.2) is 0 Å². The van der Waals surface area contributed by atoms with E-state index in [2.05, 4.69) is 15.9 Å². The predicted molar refractivity (Wildman–Crippen MR) is 173 cm³/mol. The van der Waals surface area contributed by atoms with E-state index in [1.54, 1.807) is 4.90 Å². The average Bonchev–Trinajstić information content (AvgIpc) is 3.03. The van der Waals surface area contributed by atoms with Gasteiger partial charge in [-0.2, -0.15) is 0 Å². The number of β-lactam (4-membered cyclic amide) rings is 1. The highest BCUT2D eigenvalue weighted by Crippen LogP contribution is 2.53. The highest BCUT2D eigenvalue weighted by atomic mass is 79.9. The van der Waals surface area contributed by atoms with E-state index in [9.17, 15) is 14.4 Å². The van der Waals surface area contributed by atoms with E-state index in [1.807, 2.05) is 115 Å². The molecule has 4 aromatic rings. The van der Waals surface area contributed by atoms with Gasteiger partial charge in [0.15, 0.2) is 16.6 Å². The van der Waals surface area contributed by atoms with Gasteiger partial charge in [-0.3, -0.25) is 14.4 Å². The van der Waals surface area contributed by atoms with Crippen LogP contribution >= 0.6 is 39.5 Å². The first-order valence-electron chi connectivity index (χ1n) is 13.9. The van der Waals surface area contributed by atoms with Crippen molar-refractivity contribution in [1.29, 1.82) is 0 Å². The molecule has 2 aliphatic rings. The molecule has 2 N–H and O–H groups in total. The summed E-state index contributed by atoms with van der Waals surface area (Å²) in [7, 11) is 0. The predicted octanol–water partition coefficient (Wildman–Crippen LogP) is 6.24. The SMILES string of the molecule is NC1S[C@@H]2[C@H](C(=O)Cc3ccccc3)C(=O)N2CC1(Sc1ccccc1Br)C(=O)OC(c1ccccc1)c1ccccc1. The number of thioether (sulfide) groups is 2. The zero-order valence-corrected chi connectivity index (χ0v) is 26.3. The van der Waals surface area contributed by atoms with Gasteiger partial charge in [0.2, 0.25) is 5.91 Å². The number of fused-ring (bicyclic) bond motifs is 1. The standard InChI is InChI=1S/C34H29BrN2O4S2/c35-25-18-10-11-19-27(25)43-34(33(40)41-29(23-14-6-2-7-15-23)24-16-8-3-9-17-24)21-37-30(39)28(31(37)42-32(34)36)26(38)20-22-12-4-1-5-13-22/h1-19,28-29,31-32H,20-21,36H2/t28-,31-,32?,34?/m1/s1. The maximum absolute atomic E-state index is 14.5. The third kappa shape index (κ3) is 5.91. The van der Waals surface area contributed by atoms with Crippen molar-refractivity contribution in [3.63, 3.8) is 0 Å². The van der Waals surface area contributed by atoms with Crippen molar-refractivity contribution in [3.8, 4) is 0 Å². The molecule has 0 saturated carbocycles. The highest BCUT2D eigenvalue weighted by Gasteiger charge is 2.63. The maximum atomic E-state index is 14.5. The quantitative estimate of drug-likeness (QED) is 0.128. The normalized spacial score (nSPS) is 22.9. The summed E-state index contributed by atoms with van der Waals surface area (Å²) in [5.41, 5.74) is 9.40. The lowest BCUT2D eigenvalue weighted by Gasteiger charge is -2.55. The second-order valence-electron chi connectivity index (χ2n) is 10.5. The molecule has 4 aromatic carbocycles. The molecule has 2 unspecified atom stereocenters. The summed E-state index contributed by atoms with van der Waals surface area (Å²) in [5.74, 6) is -1.73. The molecule has 2 aliphatic heterocycles. The fourth-order valence-corrected chi connectivity index (χ4v) is 8.91. The van der Waals surface area contributed by atoms with Gasteiger partial charge >= 0.3 is 5.97 Å². The van der Waals surface area contributed by atoms with Crippen LogP contribution in [0.4, 0.5) is 0 Å². The third-order valence-electron chi connectivity index (χ3n) is 7.76. The number of amides is 1. The number of esters is 1. The van der Waals surface area contributed by atoms with Gasteiger partial charge < -0.3 is 15.4 Å². The van der Waals surface area contributed by atoms with Gasteiger partial charge in [-0.15, -0.1) is 23.5 Å². The van der Waals surface area contributed by atoms with Gasteiger partial charge in [0.25, 0.3) is 0 Å². The van der Waals surface area contributed by atoms with E-state index < -0.39 is 33.5 Å². The molecule has 218 valence electrons. The Morgan fingerprint density at radius 2 is 1.47 bits per heavy atom. The Balaban J connectivity index is 1.31. The zero-order valence-electron chi connectivity index (χ0n) is 23.0. The molecule has 0 aliphatic carbocycles. The maximum Gasteiger partial charge on any atom is 0.327 e. The number of hydrogen-bond acceptors (Lipinski definition) is 7. The molecule has 0 aromatic heterocycles. The fourth-order valence-electron chi connectivity index (χ4n) is 5.48. The van der Waals surface area contributed by atoms with Gasteiger partial charge in [-0.1, -0.05) is 103 Å². The van der Waals surface area contributed by atoms with Crippen LogP contribution in [0.5, 0.6) is 0 Å². The number of carbonyl (C=O) groups excluding carboxylic acids is 3. The Bertz CT molecular complexity index is 1590. The van der Waals surface area contributed by atoms with Crippen LogP contribution in [0.15, 0.2) is 125 Å². The summed E-state index contributed by atoms with van der Waals surface area (Å²) in [6.45, 7) is 0.0287. The monoisotopic (exact) mass is 672 g/mol. The first kappa shape index (κ1) is 29.7. The molecule has 0 spiro atoms. The summed E-state index contributed by atoms with van der Waals surface area (Å²) in [4.78, 5) is 43.7. The van der Waals surface area contributed by atoms with E-state index in [0.29, 0.717) is 0 Å². The summed E-state index contributed by atoms with van der Waals surface area (Å²) in [6, 6.07) is 36.1. The van der Waals surface area contributed by atoms with Crippen LogP contribution in [-0.4, -0.2) is 44.6 Å². The number of rotatable bonds is 9. The Morgan fingerprint density at radius 1 is 0.907 bits per heavy atom. The molecule has 2 saturated heterocycles. The average molecular weight is 674 g/mol. The minimum Gasteiger partial charge on any atom is -0.451 e. The molecular formula is C34H29BrN2O4S2. The van der Waals surface area contributed by atoms with Crippen LogP contribution in [0.1, 0.15) is 22.8 Å².